The largest absolute Gasteiger partial charge is 0.354 e. The number of allylic oxidation sites excluding steroid dienone is 1. The smallest absolute Gasteiger partial charge is 0.251 e. The molecule has 0 saturated carbocycles. The Hall–Kier alpha value is -2.97. The van der Waals surface area contributed by atoms with Crippen LogP contribution in [0, 0.1) is 0 Å². The second-order valence-electron chi connectivity index (χ2n) is 7.00. The predicted octanol–water partition coefficient (Wildman–Crippen LogP) is 0.174. The lowest BCUT2D eigenvalue weighted by Gasteiger charge is -2.17. The van der Waals surface area contributed by atoms with Crippen LogP contribution in [-0.2, 0) is 24.0 Å². The van der Waals surface area contributed by atoms with E-state index < -0.39 is 18.0 Å². The van der Waals surface area contributed by atoms with Gasteiger partial charge in [-0.05, 0) is 39.7 Å². The fraction of sp³-hybridized carbons (Fsp3) is 0.550. The molecular formula is C20H30N4O5. The van der Waals surface area contributed by atoms with Gasteiger partial charge in [0.1, 0.15) is 6.04 Å². The number of unbranched alkanes of at least 4 members (excludes halogenated alkanes) is 1. The lowest BCUT2D eigenvalue weighted by molar-refractivity contribution is -0.130. The Balaban J connectivity index is 2.13. The van der Waals surface area contributed by atoms with Crippen molar-refractivity contribution in [1.29, 1.82) is 0 Å². The van der Waals surface area contributed by atoms with E-state index in [0.717, 1.165) is 0 Å². The van der Waals surface area contributed by atoms with Gasteiger partial charge in [-0.15, -0.1) is 0 Å². The topological polar surface area (TPSA) is 125 Å². The van der Waals surface area contributed by atoms with Crippen molar-refractivity contribution in [3.05, 3.63) is 24.4 Å². The number of rotatable bonds is 12. The molecule has 0 radical (unpaired) electrons. The molecule has 1 aliphatic heterocycles. The molecule has 0 aromatic heterocycles. The standard InChI is InChI=1S/C20H30N4O5/c1-13-9-10-19(28)24(13)12-11-21-17(26)7-5-6-8-18(27)22-15(3)20(29)23-14(2)16(4)25/h9-10,14-15H,1,5-8,11-12H2,2-4H3,(H,21,26)(H,22,27)(H,23,29)/t14-,15-/m0/s1. The first-order chi connectivity index (χ1) is 13.6. The number of amides is 4. The highest BCUT2D eigenvalue weighted by atomic mass is 16.2. The van der Waals surface area contributed by atoms with Crippen LogP contribution in [0.25, 0.3) is 0 Å². The highest BCUT2D eigenvalue weighted by Gasteiger charge is 2.19. The minimum atomic E-state index is -0.745. The molecule has 160 valence electrons. The van der Waals surface area contributed by atoms with E-state index in [1.807, 2.05) is 0 Å². The molecule has 0 bridgehead atoms. The molecule has 4 amide bonds. The van der Waals surface area contributed by atoms with Gasteiger partial charge in [-0.2, -0.15) is 0 Å². The third-order valence-electron chi connectivity index (χ3n) is 4.49. The van der Waals surface area contributed by atoms with Crippen LogP contribution in [0.2, 0.25) is 0 Å². The van der Waals surface area contributed by atoms with E-state index in [1.54, 1.807) is 19.9 Å². The van der Waals surface area contributed by atoms with Crippen molar-refractivity contribution in [1.82, 2.24) is 20.9 Å². The molecule has 29 heavy (non-hydrogen) atoms. The monoisotopic (exact) mass is 406 g/mol. The Morgan fingerprint density at radius 2 is 1.62 bits per heavy atom. The normalized spacial score (nSPS) is 15.1. The summed E-state index contributed by atoms with van der Waals surface area (Å²) in [4.78, 5) is 59.8. The van der Waals surface area contributed by atoms with Gasteiger partial charge in [0.25, 0.3) is 5.91 Å². The highest BCUT2D eigenvalue weighted by Crippen LogP contribution is 2.11. The highest BCUT2D eigenvalue weighted by molar-refractivity contribution is 5.93. The summed E-state index contributed by atoms with van der Waals surface area (Å²) in [6.45, 7) is 8.94. The number of Topliss-reactive ketones (excluding diaryl/α,β-unsaturated/α-hetero) is 1. The van der Waals surface area contributed by atoms with Crippen LogP contribution in [0.15, 0.2) is 24.4 Å². The van der Waals surface area contributed by atoms with E-state index in [1.165, 1.54) is 17.9 Å². The van der Waals surface area contributed by atoms with Crippen molar-refractivity contribution in [2.75, 3.05) is 13.1 Å². The number of nitrogens with one attached hydrogen (secondary N) is 3. The molecule has 0 aromatic carbocycles. The number of carbonyl (C=O) groups is 5. The van der Waals surface area contributed by atoms with Gasteiger partial charge < -0.3 is 20.9 Å². The summed E-state index contributed by atoms with van der Waals surface area (Å²) in [5, 5.41) is 7.82. The van der Waals surface area contributed by atoms with Gasteiger partial charge in [0.05, 0.1) is 6.04 Å². The first-order valence-corrected chi connectivity index (χ1v) is 9.67. The maximum absolute atomic E-state index is 11.9. The molecule has 0 aromatic rings. The summed E-state index contributed by atoms with van der Waals surface area (Å²) in [6.07, 6.45) is 4.56. The summed E-state index contributed by atoms with van der Waals surface area (Å²) in [5.74, 6) is -1.17. The van der Waals surface area contributed by atoms with E-state index in [9.17, 15) is 24.0 Å². The summed E-state index contributed by atoms with van der Waals surface area (Å²) in [7, 11) is 0. The summed E-state index contributed by atoms with van der Waals surface area (Å²) in [5.41, 5.74) is 0.605. The average molecular weight is 406 g/mol. The van der Waals surface area contributed by atoms with Crippen LogP contribution in [0.4, 0.5) is 0 Å². The molecule has 1 aliphatic rings. The molecule has 1 rings (SSSR count). The van der Waals surface area contributed by atoms with Gasteiger partial charge in [-0.3, -0.25) is 24.0 Å². The van der Waals surface area contributed by atoms with Crippen LogP contribution < -0.4 is 16.0 Å². The van der Waals surface area contributed by atoms with Crippen molar-refractivity contribution < 1.29 is 24.0 Å². The first-order valence-electron chi connectivity index (χ1n) is 9.67. The lowest BCUT2D eigenvalue weighted by Crippen LogP contribution is -2.48. The molecule has 0 saturated heterocycles. The molecule has 9 nitrogen and oxygen atoms in total. The Morgan fingerprint density at radius 1 is 1.00 bits per heavy atom. The Labute approximate surface area is 171 Å². The van der Waals surface area contributed by atoms with Crippen LogP contribution in [0.1, 0.15) is 46.5 Å². The second kappa shape index (κ2) is 11.8. The quantitative estimate of drug-likeness (QED) is 0.399. The number of hydrogen-bond acceptors (Lipinski definition) is 5. The minimum absolute atomic E-state index is 0.145. The van der Waals surface area contributed by atoms with Gasteiger partial charge in [-0.1, -0.05) is 6.58 Å². The van der Waals surface area contributed by atoms with Gasteiger partial charge in [-0.25, -0.2) is 0 Å². The van der Waals surface area contributed by atoms with Gasteiger partial charge in [0.15, 0.2) is 5.78 Å². The van der Waals surface area contributed by atoms with Crippen LogP contribution >= 0.6 is 0 Å². The minimum Gasteiger partial charge on any atom is -0.354 e. The molecule has 1 heterocycles. The van der Waals surface area contributed by atoms with E-state index in [0.29, 0.717) is 31.6 Å². The fourth-order valence-electron chi connectivity index (χ4n) is 2.53. The Morgan fingerprint density at radius 3 is 2.17 bits per heavy atom. The molecular weight excluding hydrogens is 376 g/mol. The summed E-state index contributed by atoms with van der Waals surface area (Å²) < 4.78 is 0. The predicted molar refractivity (Wildman–Crippen MR) is 107 cm³/mol. The molecule has 0 unspecified atom stereocenters. The Kier molecular flexibility index (Phi) is 9.78. The molecule has 3 N–H and O–H groups in total. The SMILES string of the molecule is C=C1C=CC(=O)N1CCNC(=O)CCCCC(=O)N[C@@H](C)C(=O)N[C@@H](C)C(C)=O. The fourth-order valence-corrected chi connectivity index (χ4v) is 2.53. The molecule has 2 atom stereocenters. The average Bonchev–Trinajstić information content (AvgIpc) is 2.97. The van der Waals surface area contributed by atoms with Crippen molar-refractivity contribution in [2.45, 2.75) is 58.5 Å². The number of ketones is 1. The molecule has 0 spiro atoms. The third kappa shape index (κ3) is 8.71. The molecule has 0 fully saturated rings. The van der Waals surface area contributed by atoms with Crippen molar-refractivity contribution in [3.8, 4) is 0 Å². The van der Waals surface area contributed by atoms with Crippen LogP contribution in [-0.4, -0.2) is 59.5 Å². The zero-order valence-corrected chi connectivity index (χ0v) is 17.2. The van der Waals surface area contributed by atoms with E-state index >= 15 is 0 Å². The summed E-state index contributed by atoms with van der Waals surface area (Å²) in [6, 6.07) is -1.34. The maximum Gasteiger partial charge on any atom is 0.251 e. The number of carbonyl (C=O) groups excluding carboxylic acids is 5. The van der Waals surface area contributed by atoms with Crippen molar-refractivity contribution in [2.24, 2.45) is 0 Å². The summed E-state index contributed by atoms with van der Waals surface area (Å²) >= 11 is 0. The van der Waals surface area contributed by atoms with Crippen LogP contribution in [0.5, 0.6) is 0 Å². The zero-order valence-electron chi connectivity index (χ0n) is 17.2. The number of hydrogen-bond donors (Lipinski definition) is 3. The second-order valence-corrected chi connectivity index (χ2v) is 7.00. The lowest BCUT2D eigenvalue weighted by atomic mass is 10.1. The van der Waals surface area contributed by atoms with E-state index in [-0.39, 0.29) is 36.3 Å². The molecule has 0 aliphatic carbocycles. The van der Waals surface area contributed by atoms with Crippen molar-refractivity contribution in [3.63, 3.8) is 0 Å². The first kappa shape index (κ1) is 24.1. The van der Waals surface area contributed by atoms with Gasteiger partial charge in [0, 0.05) is 37.7 Å². The zero-order chi connectivity index (χ0) is 22.0. The Bertz CT molecular complexity index is 683. The van der Waals surface area contributed by atoms with Gasteiger partial charge in [0.2, 0.25) is 17.7 Å². The van der Waals surface area contributed by atoms with E-state index in [2.05, 4.69) is 22.5 Å². The third-order valence-corrected chi connectivity index (χ3v) is 4.49. The van der Waals surface area contributed by atoms with E-state index in [4.69, 9.17) is 0 Å². The maximum atomic E-state index is 11.9. The van der Waals surface area contributed by atoms with Gasteiger partial charge >= 0.3 is 0 Å². The van der Waals surface area contributed by atoms with Crippen molar-refractivity contribution >= 4 is 29.4 Å². The van der Waals surface area contributed by atoms with Crippen LogP contribution in [0.3, 0.4) is 0 Å². The number of nitrogens with zero attached hydrogens (tertiary/aromatic N) is 1. The molecule has 9 heteroatoms.